The van der Waals surface area contributed by atoms with Crippen LogP contribution < -0.4 is 0 Å². The quantitative estimate of drug-likeness (QED) is 0.250. The van der Waals surface area contributed by atoms with E-state index >= 15 is 0 Å². The molecule has 0 heterocycles. The summed E-state index contributed by atoms with van der Waals surface area (Å²) in [6, 6.07) is 20.4. The molecule has 2 aromatic rings. The highest BCUT2D eigenvalue weighted by molar-refractivity contribution is 5.85. The van der Waals surface area contributed by atoms with Gasteiger partial charge in [0.05, 0.1) is 6.61 Å². The number of esters is 2. The van der Waals surface area contributed by atoms with Gasteiger partial charge in [0.2, 0.25) is 0 Å². The Morgan fingerprint density at radius 1 is 0.917 bits per heavy atom. The minimum absolute atomic E-state index is 0. The third kappa shape index (κ3) is 12.5. The number of rotatable bonds is 13. The molecule has 2 aromatic carbocycles. The molecule has 0 amide bonds. The molecule has 2 atom stereocenters. The molecule has 7 heteroatoms. The SMILES string of the molecule is CCC(=O)O[C@](Cc1ccccc1)(c1ccccc1)[C@H](C)CN(C)C.CCCOCCOC(C)=O.Cl. The van der Waals surface area contributed by atoms with Crippen molar-refractivity contribution in [3.8, 4) is 0 Å². The highest BCUT2D eigenvalue weighted by atomic mass is 35.5. The molecule has 0 N–H and O–H groups in total. The van der Waals surface area contributed by atoms with Crippen LogP contribution in [0.2, 0.25) is 0 Å². The van der Waals surface area contributed by atoms with Gasteiger partial charge in [0.25, 0.3) is 0 Å². The minimum Gasteiger partial charge on any atom is -0.463 e. The van der Waals surface area contributed by atoms with Gasteiger partial charge < -0.3 is 19.1 Å². The van der Waals surface area contributed by atoms with E-state index in [0.717, 1.165) is 25.1 Å². The van der Waals surface area contributed by atoms with Crippen LogP contribution in [0.3, 0.4) is 0 Å². The summed E-state index contributed by atoms with van der Waals surface area (Å²) in [5.74, 6) is -0.272. The smallest absolute Gasteiger partial charge is 0.306 e. The maximum Gasteiger partial charge on any atom is 0.306 e. The van der Waals surface area contributed by atoms with Crippen LogP contribution in [0.1, 0.15) is 51.7 Å². The highest BCUT2D eigenvalue weighted by Gasteiger charge is 2.42. The Hall–Kier alpha value is -2.41. The summed E-state index contributed by atoms with van der Waals surface area (Å²) >= 11 is 0. The Kier molecular flexibility index (Phi) is 17.5. The average Bonchev–Trinajstić information content (AvgIpc) is 2.84. The first-order valence-corrected chi connectivity index (χ1v) is 12.4. The van der Waals surface area contributed by atoms with Gasteiger partial charge in [-0.25, -0.2) is 0 Å². The summed E-state index contributed by atoms with van der Waals surface area (Å²) < 4.78 is 15.9. The molecule has 2 rings (SSSR count). The summed E-state index contributed by atoms with van der Waals surface area (Å²) in [5, 5.41) is 0. The van der Waals surface area contributed by atoms with E-state index in [9.17, 15) is 9.59 Å². The summed E-state index contributed by atoms with van der Waals surface area (Å²) in [7, 11) is 4.10. The monoisotopic (exact) mass is 521 g/mol. The number of ether oxygens (including phenoxy) is 3. The second kappa shape index (κ2) is 18.8. The zero-order valence-corrected chi connectivity index (χ0v) is 23.5. The molecule has 0 aliphatic carbocycles. The molecular weight excluding hydrogens is 478 g/mol. The lowest BCUT2D eigenvalue weighted by atomic mass is 9.77. The van der Waals surface area contributed by atoms with E-state index in [1.54, 1.807) is 0 Å². The topological polar surface area (TPSA) is 65.1 Å². The van der Waals surface area contributed by atoms with Gasteiger partial charge in [-0.3, -0.25) is 9.59 Å². The van der Waals surface area contributed by atoms with Crippen LogP contribution >= 0.6 is 12.4 Å². The maximum absolute atomic E-state index is 12.3. The molecule has 0 aliphatic rings. The van der Waals surface area contributed by atoms with E-state index in [0.29, 0.717) is 26.1 Å². The Morgan fingerprint density at radius 3 is 2.00 bits per heavy atom. The fourth-order valence-electron chi connectivity index (χ4n) is 3.84. The maximum atomic E-state index is 12.3. The lowest BCUT2D eigenvalue weighted by Gasteiger charge is -2.40. The molecule has 202 valence electrons. The lowest BCUT2D eigenvalue weighted by molar-refractivity contribution is -0.168. The third-order valence-corrected chi connectivity index (χ3v) is 5.47. The lowest BCUT2D eigenvalue weighted by Crippen LogP contribution is -2.44. The molecule has 0 spiro atoms. The van der Waals surface area contributed by atoms with Crippen molar-refractivity contribution in [1.29, 1.82) is 0 Å². The van der Waals surface area contributed by atoms with Crippen molar-refractivity contribution in [3.05, 3.63) is 71.8 Å². The van der Waals surface area contributed by atoms with E-state index in [1.807, 2.05) is 50.2 Å². The number of nitrogens with zero attached hydrogens (tertiary/aromatic N) is 1. The fourth-order valence-corrected chi connectivity index (χ4v) is 3.84. The van der Waals surface area contributed by atoms with E-state index in [2.05, 4.69) is 54.9 Å². The zero-order valence-electron chi connectivity index (χ0n) is 22.7. The van der Waals surface area contributed by atoms with Crippen molar-refractivity contribution in [1.82, 2.24) is 4.90 Å². The first-order chi connectivity index (χ1) is 16.7. The van der Waals surface area contributed by atoms with Gasteiger partial charge in [0.1, 0.15) is 12.2 Å². The Morgan fingerprint density at radius 2 is 1.50 bits per heavy atom. The molecule has 6 nitrogen and oxygen atoms in total. The van der Waals surface area contributed by atoms with Crippen LogP contribution in [-0.2, 0) is 35.8 Å². The van der Waals surface area contributed by atoms with Gasteiger partial charge in [0, 0.05) is 38.8 Å². The second-order valence-electron chi connectivity index (χ2n) is 8.86. The third-order valence-electron chi connectivity index (χ3n) is 5.47. The van der Waals surface area contributed by atoms with Gasteiger partial charge in [-0.05, 0) is 31.6 Å². The Bertz CT molecular complexity index is 847. The van der Waals surface area contributed by atoms with Gasteiger partial charge >= 0.3 is 11.9 Å². The number of carbonyl (C=O) groups excluding carboxylic acids is 2. The first kappa shape index (κ1) is 33.6. The van der Waals surface area contributed by atoms with Crippen molar-refractivity contribution < 1.29 is 23.8 Å². The van der Waals surface area contributed by atoms with Crippen LogP contribution in [0.5, 0.6) is 0 Å². The van der Waals surface area contributed by atoms with Crippen LogP contribution in [0, 0.1) is 5.92 Å². The molecule has 0 fully saturated rings. The van der Waals surface area contributed by atoms with Crippen molar-refractivity contribution >= 4 is 24.3 Å². The van der Waals surface area contributed by atoms with Gasteiger partial charge in [-0.1, -0.05) is 81.4 Å². The molecular formula is C29H44ClNO5. The molecule has 0 unspecified atom stereocenters. The molecule has 36 heavy (non-hydrogen) atoms. The van der Waals surface area contributed by atoms with Crippen molar-refractivity contribution in [2.45, 2.75) is 52.6 Å². The predicted octanol–water partition coefficient (Wildman–Crippen LogP) is 5.67. The fraction of sp³-hybridized carbons (Fsp3) is 0.517. The van der Waals surface area contributed by atoms with Gasteiger partial charge in [0.15, 0.2) is 0 Å². The van der Waals surface area contributed by atoms with Gasteiger partial charge in [-0.2, -0.15) is 0 Å². The van der Waals surface area contributed by atoms with Crippen molar-refractivity contribution in [2.24, 2.45) is 5.92 Å². The largest absolute Gasteiger partial charge is 0.463 e. The van der Waals surface area contributed by atoms with Gasteiger partial charge in [-0.15, -0.1) is 12.4 Å². The number of halogens is 1. The Balaban J connectivity index is 0.000000948. The summed E-state index contributed by atoms with van der Waals surface area (Å²) in [6.07, 6.45) is 2.04. The minimum atomic E-state index is -0.681. The van der Waals surface area contributed by atoms with Crippen LogP contribution in [0.15, 0.2) is 60.7 Å². The summed E-state index contributed by atoms with van der Waals surface area (Å²) in [4.78, 5) is 24.7. The number of hydrogen-bond donors (Lipinski definition) is 0. The summed E-state index contributed by atoms with van der Waals surface area (Å²) in [6.45, 7) is 9.88. The van der Waals surface area contributed by atoms with E-state index in [4.69, 9.17) is 9.47 Å². The first-order valence-electron chi connectivity index (χ1n) is 12.4. The van der Waals surface area contributed by atoms with Crippen molar-refractivity contribution in [3.63, 3.8) is 0 Å². The van der Waals surface area contributed by atoms with Crippen LogP contribution in [-0.4, -0.2) is 57.3 Å². The highest BCUT2D eigenvalue weighted by Crippen LogP contribution is 2.38. The molecule has 0 saturated heterocycles. The summed E-state index contributed by atoms with van der Waals surface area (Å²) in [5.41, 5.74) is 1.54. The number of hydrogen-bond acceptors (Lipinski definition) is 6. The van der Waals surface area contributed by atoms with E-state index < -0.39 is 5.60 Å². The molecule has 0 radical (unpaired) electrons. The van der Waals surface area contributed by atoms with E-state index in [1.165, 1.54) is 12.5 Å². The van der Waals surface area contributed by atoms with Crippen molar-refractivity contribution in [2.75, 3.05) is 40.5 Å². The molecule has 0 aliphatic heterocycles. The number of carbonyl (C=O) groups is 2. The van der Waals surface area contributed by atoms with Crippen LogP contribution in [0.4, 0.5) is 0 Å². The van der Waals surface area contributed by atoms with Crippen LogP contribution in [0.25, 0.3) is 0 Å². The van der Waals surface area contributed by atoms with E-state index in [-0.39, 0.29) is 30.3 Å². The average molecular weight is 522 g/mol. The molecule has 0 bridgehead atoms. The zero-order chi connectivity index (χ0) is 26.1. The second-order valence-corrected chi connectivity index (χ2v) is 8.86. The normalized spacial score (nSPS) is 12.9. The number of benzene rings is 2. The Labute approximate surface area is 223 Å². The standard InChI is InChI=1S/C22H29NO2.C7H14O3.ClH/c1-5-21(24)25-22(18(2)17-23(3)4,20-14-10-7-11-15-20)16-19-12-8-6-9-13-19;1-3-4-9-5-6-10-7(2)8;/h6-15,18H,5,16-17H2,1-4H3;3-6H2,1-2H3;1H/t18-,22+;;/m1../s1. The molecule has 0 saturated carbocycles. The predicted molar refractivity (Wildman–Crippen MR) is 147 cm³/mol. The molecule has 0 aromatic heterocycles.